The number of benzene rings is 14. The van der Waals surface area contributed by atoms with E-state index in [1.165, 1.54) is 18.2 Å². The van der Waals surface area contributed by atoms with Crippen LogP contribution in [-0.4, -0.2) is 0 Å². The normalized spacial score (nSPS) is 13.3. The first kappa shape index (κ1) is 52.4. The third-order valence-electron chi connectivity index (χ3n) is 18.7. The van der Waals surface area contributed by atoms with Crippen molar-refractivity contribution in [3.63, 3.8) is 0 Å². The van der Waals surface area contributed by atoms with E-state index in [9.17, 15) is 39.5 Å². The molecule has 0 amide bonds. The van der Waals surface area contributed by atoms with Crippen molar-refractivity contribution in [1.82, 2.24) is 0 Å². The van der Waals surface area contributed by atoms with Crippen molar-refractivity contribution >= 4 is 108 Å². The van der Waals surface area contributed by atoms with E-state index < -0.39 is 63.3 Å². The van der Waals surface area contributed by atoms with Gasteiger partial charge in [0.25, 0.3) is 0 Å². The molecule has 16 aromatic carbocycles. The highest BCUT2D eigenvalue weighted by Crippen LogP contribution is 2.62. The summed E-state index contributed by atoms with van der Waals surface area (Å²) in [4.78, 5) is 0. The molecule has 17 rings (SSSR count). The molecule has 12 heteroatoms. The van der Waals surface area contributed by atoms with Gasteiger partial charge in [-0.1, -0.05) is 158 Å². The van der Waals surface area contributed by atoms with Gasteiger partial charge < -0.3 is 0 Å². The van der Waals surface area contributed by atoms with E-state index in [0.717, 1.165) is 110 Å². The average Bonchev–Trinajstić information content (AvgIpc) is 1.49. The molecule has 0 aromatic heterocycles. The predicted molar refractivity (Wildman–Crippen MR) is 331 cm³/mol. The van der Waals surface area contributed by atoms with Crippen LogP contribution in [0, 0.1) is 13.8 Å². The van der Waals surface area contributed by atoms with Crippen LogP contribution in [0.2, 0.25) is 0 Å². The third-order valence-corrected chi connectivity index (χ3v) is 18.7. The van der Waals surface area contributed by atoms with E-state index >= 15 is 13.2 Å². The quantitative estimate of drug-likeness (QED) is 0.0936. The molecular weight excluding hydrogens is 1140 g/mol. The van der Waals surface area contributed by atoms with Gasteiger partial charge in [0.1, 0.15) is 0 Å². The molecule has 426 valence electrons. The maximum atomic E-state index is 15.4. The summed E-state index contributed by atoms with van der Waals surface area (Å²) in [6, 6.07) is 55.2. The summed E-state index contributed by atoms with van der Waals surface area (Å²) >= 11 is 0. The number of alkyl halides is 12. The largest absolute Gasteiger partial charge is 0.417 e. The molecule has 1 aliphatic rings. The van der Waals surface area contributed by atoms with Gasteiger partial charge in [0.05, 0.1) is 22.3 Å². The maximum Gasteiger partial charge on any atom is 0.417 e. The van der Waals surface area contributed by atoms with Crippen LogP contribution < -0.4 is 0 Å². The van der Waals surface area contributed by atoms with Crippen LogP contribution in [0.3, 0.4) is 0 Å². The van der Waals surface area contributed by atoms with Crippen molar-refractivity contribution in [3.05, 3.63) is 228 Å². The molecule has 0 fully saturated rings. The zero-order valence-corrected chi connectivity index (χ0v) is 46.0. The Bertz CT molecular complexity index is 5660. The second kappa shape index (κ2) is 17.4. The van der Waals surface area contributed by atoms with Crippen molar-refractivity contribution in [1.29, 1.82) is 0 Å². The van der Waals surface area contributed by atoms with E-state index in [4.69, 9.17) is 0 Å². The molecular formula is C76H38F12. The van der Waals surface area contributed by atoms with Gasteiger partial charge in [-0.2, -0.15) is 52.7 Å². The molecule has 0 N–H and O–H groups in total. The molecule has 0 heterocycles. The van der Waals surface area contributed by atoms with Crippen LogP contribution in [0.4, 0.5) is 52.7 Å². The fourth-order valence-electron chi connectivity index (χ4n) is 15.5. The molecule has 0 aliphatic heterocycles. The van der Waals surface area contributed by atoms with Gasteiger partial charge >= 0.3 is 24.7 Å². The van der Waals surface area contributed by atoms with Gasteiger partial charge in [-0.05, 0) is 230 Å². The number of halogens is 12. The molecule has 0 unspecified atom stereocenters. The van der Waals surface area contributed by atoms with Gasteiger partial charge in [0.2, 0.25) is 0 Å². The highest BCUT2D eigenvalue weighted by Gasteiger charge is 2.42. The predicted octanol–water partition coefficient (Wildman–Crippen LogP) is 24.5. The lowest BCUT2D eigenvalue weighted by Gasteiger charge is -2.21. The fourth-order valence-corrected chi connectivity index (χ4v) is 15.5. The summed E-state index contributed by atoms with van der Waals surface area (Å²) in [5, 5.41) is 7.85. The fraction of sp³-hybridized carbons (Fsp3) is 0.0789. The Labute approximate surface area is 491 Å². The number of hydrogen-bond donors (Lipinski definition) is 0. The summed E-state index contributed by atoms with van der Waals surface area (Å²) in [7, 11) is 0. The lowest BCUT2D eigenvalue weighted by Crippen LogP contribution is -2.11. The van der Waals surface area contributed by atoms with E-state index in [1.54, 1.807) is 12.1 Å². The zero-order chi connectivity index (χ0) is 60.6. The lowest BCUT2D eigenvalue weighted by atomic mass is 9.81. The van der Waals surface area contributed by atoms with Gasteiger partial charge in [0, 0.05) is 5.39 Å². The standard InChI is InChI=1S/C76H38F12/c1-35-11-9-12-36(2)58(35)39-19-20-48-55(31-39)60(38-15-7-4-8-16-38)69-52-26-22-45-46-23-27-53-66-54(28-24-47(64(46)66)44-21-25-51(65(52)63(44)45)68(69)59(48)37-13-5-3-6-14-37)71-70(53)61(40-29-41(73(77,78)79)32-42(30-40)74(80,81)82)49-17-10-18-50-62-56(72(71)67(49)50)33-43(75(83,84)85)34-57(62)76(86,87)88/h3-34H,1-2H3. The first-order valence-corrected chi connectivity index (χ1v) is 28.3. The third kappa shape index (κ3) is 7.02. The lowest BCUT2D eigenvalue weighted by molar-refractivity contribution is -0.144. The molecule has 88 heavy (non-hydrogen) atoms. The average molecular weight is 1180 g/mol. The molecule has 0 radical (unpaired) electrons. The minimum atomic E-state index is -5.34. The molecule has 0 spiro atoms. The van der Waals surface area contributed by atoms with E-state index in [1.807, 2.05) is 48.5 Å². The Kier molecular flexibility index (Phi) is 10.4. The second-order valence-corrected chi connectivity index (χ2v) is 23.4. The monoisotopic (exact) mass is 1180 g/mol. The van der Waals surface area contributed by atoms with Crippen LogP contribution in [0.1, 0.15) is 33.4 Å². The van der Waals surface area contributed by atoms with E-state index in [-0.39, 0.29) is 50.0 Å². The molecule has 0 bridgehead atoms. The van der Waals surface area contributed by atoms with Crippen LogP contribution in [0.5, 0.6) is 0 Å². The van der Waals surface area contributed by atoms with Crippen molar-refractivity contribution < 1.29 is 52.7 Å². The molecule has 0 saturated carbocycles. The molecule has 16 aromatic rings. The topological polar surface area (TPSA) is 0 Å². The van der Waals surface area contributed by atoms with Gasteiger partial charge in [-0.25, -0.2) is 0 Å². The Morgan fingerprint density at radius 2 is 0.648 bits per heavy atom. The first-order valence-electron chi connectivity index (χ1n) is 28.3. The summed E-state index contributed by atoms with van der Waals surface area (Å²) in [5.74, 6) is 0. The number of fused-ring (bicyclic) bond motifs is 13. The summed E-state index contributed by atoms with van der Waals surface area (Å²) in [6.07, 6.45) is -21.2. The minimum absolute atomic E-state index is 0.00891. The number of rotatable bonds is 4. The number of hydrogen-bond acceptors (Lipinski definition) is 0. The van der Waals surface area contributed by atoms with Crippen molar-refractivity contribution in [2.45, 2.75) is 38.6 Å². The minimum Gasteiger partial charge on any atom is -0.166 e. The Morgan fingerprint density at radius 3 is 1.20 bits per heavy atom. The van der Waals surface area contributed by atoms with Crippen molar-refractivity contribution in [3.8, 4) is 66.8 Å². The van der Waals surface area contributed by atoms with Crippen LogP contribution in [0.25, 0.3) is 174 Å². The van der Waals surface area contributed by atoms with E-state index in [0.29, 0.717) is 39.7 Å². The van der Waals surface area contributed by atoms with Crippen LogP contribution in [-0.2, 0) is 24.7 Å². The summed E-state index contributed by atoms with van der Waals surface area (Å²) in [5.41, 5.74) is 5.65. The molecule has 0 nitrogen and oxygen atoms in total. The summed E-state index contributed by atoms with van der Waals surface area (Å²) in [6.45, 7) is 4.24. The molecule has 0 saturated heterocycles. The number of aryl methyl sites for hydroxylation is 2. The van der Waals surface area contributed by atoms with E-state index in [2.05, 4.69) is 98.8 Å². The second-order valence-electron chi connectivity index (χ2n) is 23.4. The Hall–Kier alpha value is -9.94. The van der Waals surface area contributed by atoms with Crippen LogP contribution >= 0.6 is 0 Å². The van der Waals surface area contributed by atoms with Gasteiger partial charge in [-0.3, -0.25) is 0 Å². The molecule has 1 aliphatic carbocycles. The van der Waals surface area contributed by atoms with Crippen molar-refractivity contribution in [2.24, 2.45) is 0 Å². The van der Waals surface area contributed by atoms with Crippen molar-refractivity contribution in [2.75, 3.05) is 0 Å². The zero-order valence-electron chi connectivity index (χ0n) is 46.0. The van der Waals surface area contributed by atoms with Gasteiger partial charge in [-0.15, -0.1) is 0 Å². The highest BCUT2D eigenvalue weighted by molar-refractivity contribution is 6.51. The Balaban J connectivity index is 1.03. The van der Waals surface area contributed by atoms with Gasteiger partial charge in [0.15, 0.2) is 0 Å². The molecule has 0 atom stereocenters. The maximum absolute atomic E-state index is 15.4. The Morgan fingerprint density at radius 1 is 0.216 bits per heavy atom. The highest BCUT2D eigenvalue weighted by atomic mass is 19.4. The first-order chi connectivity index (χ1) is 42.1. The smallest absolute Gasteiger partial charge is 0.166 e. The van der Waals surface area contributed by atoms with Crippen LogP contribution in [0.15, 0.2) is 194 Å². The SMILES string of the molecule is Cc1cccc(C)c1-c1ccc2c(-c3ccccc3)c3c(c(-c4ccccc4)c2c1)-c1ccc2c4ccc5c6c(-c7cc(C(F)(F)F)cc(C(F)(F)F)c7)c7cccc8c9c(C(F)(F)F)cc(C(F)(F)F)cc9c(c78)c6c6ccc(c7ccc-3c1c27)c4c56. The summed E-state index contributed by atoms with van der Waals surface area (Å²) < 4.78 is 181.